The van der Waals surface area contributed by atoms with Crippen molar-refractivity contribution in [1.82, 2.24) is 0 Å². The summed E-state index contributed by atoms with van der Waals surface area (Å²) in [6.07, 6.45) is 0. The average Bonchev–Trinajstić information content (AvgIpc) is 2.48. The molecule has 2 aromatic rings. The molecule has 3 nitrogen and oxygen atoms in total. The van der Waals surface area contributed by atoms with E-state index in [2.05, 4.69) is 54.5 Å². The van der Waals surface area contributed by atoms with Crippen LogP contribution in [-0.2, 0) is 0 Å². The molecular formula is C15H11Br2IO3. The van der Waals surface area contributed by atoms with Crippen LogP contribution >= 0.6 is 54.5 Å². The van der Waals surface area contributed by atoms with E-state index >= 15 is 0 Å². The molecule has 0 aliphatic carbocycles. The lowest BCUT2D eigenvalue weighted by molar-refractivity contribution is 0.103. The van der Waals surface area contributed by atoms with Gasteiger partial charge < -0.3 is 9.47 Å². The predicted molar refractivity (Wildman–Crippen MR) is 97.5 cm³/mol. The Bertz CT molecular complexity index is 702. The first-order valence-electron chi connectivity index (χ1n) is 5.89. The van der Waals surface area contributed by atoms with Crippen LogP contribution in [0.25, 0.3) is 0 Å². The van der Waals surface area contributed by atoms with E-state index in [1.807, 2.05) is 18.2 Å². The summed E-state index contributed by atoms with van der Waals surface area (Å²) in [6.45, 7) is 0. The van der Waals surface area contributed by atoms with E-state index in [0.717, 1.165) is 8.04 Å². The number of ketones is 1. The first-order chi connectivity index (χ1) is 9.97. The summed E-state index contributed by atoms with van der Waals surface area (Å²) in [5.41, 5.74) is 1.06. The molecule has 0 aromatic heterocycles. The number of carbonyl (C=O) groups is 1. The highest BCUT2D eigenvalue weighted by molar-refractivity contribution is 14.1. The van der Waals surface area contributed by atoms with Crippen molar-refractivity contribution in [3.8, 4) is 11.5 Å². The first kappa shape index (κ1) is 16.8. The Morgan fingerprint density at radius 2 is 1.76 bits per heavy atom. The predicted octanol–water partition coefficient (Wildman–Crippen LogP) is 5.06. The third-order valence-electron chi connectivity index (χ3n) is 2.88. The van der Waals surface area contributed by atoms with Crippen LogP contribution in [0.15, 0.2) is 39.3 Å². The maximum atomic E-state index is 12.8. The summed E-state index contributed by atoms with van der Waals surface area (Å²) in [6, 6.07) is 9.07. The number of hydrogen-bond donors (Lipinski definition) is 0. The molecular weight excluding hydrogens is 515 g/mol. The molecule has 0 heterocycles. The third-order valence-corrected chi connectivity index (χ3v) is 4.87. The Morgan fingerprint density at radius 3 is 2.38 bits per heavy atom. The van der Waals surface area contributed by atoms with Crippen LogP contribution in [0.1, 0.15) is 15.9 Å². The van der Waals surface area contributed by atoms with Crippen molar-refractivity contribution in [3.63, 3.8) is 0 Å². The lowest BCUT2D eigenvalue weighted by Gasteiger charge is -2.13. The van der Waals surface area contributed by atoms with Gasteiger partial charge in [0.05, 0.1) is 19.8 Å². The molecule has 0 bridgehead atoms. The molecule has 0 fully saturated rings. The SMILES string of the molecule is COc1cc(Br)c(C(=O)c2cc(I)ccc2Br)c(OC)c1. The smallest absolute Gasteiger partial charge is 0.199 e. The van der Waals surface area contributed by atoms with E-state index in [-0.39, 0.29) is 5.78 Å². The summed E-state index contributed by atoms with van der Waals surface area (Å²) in [5, 5.41) is 0. The zero-order chi connectivity index (χ0) is 15.6. The van der Waals surface area contributed by atoms with Gasteiger partial charge >= 0.3 is 0 Å². The van der Waals surface area contributed by atoms with Gasteiger partial charge in [-0.25, -0.2) is 0 Å². The number of methoxy groups -OCH3 is 2. The Labute approximate surface area is 153 Å². The van der Waals surface area contributed by atoms with Crippen LogP contribution in [-0.4, -0.2) is 20.0 Å². The first-order valence-corrected chi connectivity index (χ1v) is 8.55. The summed E-state index contributed by atoms with van der Waals surface area (Å²) in [4.78, 5) is 12.8. The highest BCUT2D eigenvalue weighted by atomic mass is 127. The van der Waals surface area contributed by atoms with Crippen molar-refractivity contribution in [2.24, 2.45) is 0 Å². The highest BCUT2D eigenvalue weighted by Gasteiger charge is 2.21. The molecule has 21 heavy (non-hydrogen) atoms. The van der Waals surface area contributed by atoms with Crippen molar-refractivity contribution in [3.05, 3.63) is 54.0 Å². The molecule has 2 aromatic carbocycles. The van der Waals surface area contributed by atoms with Gasteiger partial charge in [-0.15, -0.1) is 0 Å². The average molecular weight is 526 g/mol. The largest absolute Gasteiger partial charge is 0.497 e. The topological polar surface area (TPSA) is 35.5 Å². The fourth-order valence-corrected chi connectivity index (χ4v) is 3.38. The zero-order valence-corrected chi connectivity index (χ0v) is 16.6. The van der Waals surface area contributed by atoms with Crippen molar-refractivity contribution in [1.29, 1.82) is 0 Å². The van der Waals surface area contributed by atoms with Gasteiger partial charge in [0.2, 0.25) is 0 Å². The van der Waals surface area contributed by atoms with E-state index in [0.29, 0.717) is 27.1 Å². The van der Waals surface area contributed by atoms with Gasteiger partial charge in [-0.2, -0.15) is 0 Å². The van der Waals surface area contributed by atoms with Gasteiger partial charge in [0.1, 0.15) is 11.5 Å². The van der Waals surface area contributed by atoms with Crippen molar-refractivity contribution >= 4 is 60.2 Å². The maximum Gasteiger partial charge on any atom is 0.199 e. The molecule has 2 rings (SSSR count). The molecule has 0 aliphatic heterocycles. The third kappa shape index (κ3) is 3.60. The van der Waals surface area contributed by atoms with Gasteiger partial charge in [-0.3, -0.25) is 4.79 Å². The van der Waals surface area contributed by atoms with Crippen molar-refractivity contribution < 1.29 is 14.3 Å². The second-order valence-corrected chi connectivity index (χ2v) is 7.09. The van der Waals surface area contributed by atoms with E-state index in [1.54, 1.807) is 19.2 Å². The second kappa shape index (κ2) is 7.11. The molecule has 0 saturated carbocycles. The highest BCUT2D eigenvalue weighted by Crippen LogP contribution is 2.35. The minimum Gasteiger partial charge on any atom is -0.497 e. The van der Waals surface area contributed by atoms with Gasteiger partial charge in [-0.1, -0.05) is 15.9 Å². The van der Waals surface area contributed by atoms with Crippen LogP contribution in [0.3, 0.4) is 0 Å². The molecule has 0 unspecified atom stereocenters. The zero-order valence-electron chi connectivity index (χ0n) is 11.2. The van der Waals surface area contributed by atoms with E-state index in [9.17, 15) is 4.79 Å². The molecule has 0 N–H and O–H groups in total. The molecule has 0 aliphatic rings. The lowest BCUT2D eigenvalue weighted by Crippen LogP contribution is -2.07. The Hall–Kier alpha value is -0.600. The Morgan fingerprint density at radius 1 is 1.05 bits per heavy atom. The van der Waals surface area contributed by atoms with Crippen LogP contribution in [0, 0.1) is 3.57 Å². The minimum atomic E-state index is -0.119. The van der Waals surface area contributed by atoms with Crippen LogP contribution < -0.4 is 9.47 Å². The second-order valence-electron chi connectivity index (χ2n) is 4.14. The number of rotatable bonds is 4. The molecule has 0 amide bonds. The van der Waals surface area contributed by atoms with Gasteiger partial charge in [0.25, 0.3) is 0 Å². The number of halogens is 3. The summed E-state index contributed by atoms with van der Waals surface area (Å²) in [5.74, 6) is 0.973. The van der Waals surface area contributed by atoms with Crippen molar-refractivity contribution in [2.45, 2.75) is 0 Å². The van der Waals surface area contributed by atoms with E-state index in [4.69, 9.17) is 9.47 Å². The maximum absolute atomic E-state index is 12.8. The van der Waals surface area contributed by atoms with Gasteiger partial charge in [0, 0.05) is 24.1 Å². The molecule has 110 valence electrons. The molecule has 0 atom stereocenters. The van der Waals surface area contributed by atoms with Crippen molar-refractivity contribution in [2.75, 3.05) is 14.2 Å². The van der Waals surface area contributed by atoms with E-state index in [1.165, 1.54) is 7.11 Å². The number of benzene rings is 2. The van der Waals surface area contributed by atoms with Crippen LogP contribution in [0.4, 0.5) is 0 Å². The fraction of sp³-hybridized carbons (Fsp3) is 0.133. The van der Waals surface area contributed by atoms with Gasteiger partial charge in [-0.05, 0) is 62.8 Å². The fourth-order valence-electron chi connectivity index (χ4n) is 1.86. The molecule has 0 spiro atoms. The quantitative estimate of drug-likeness (QED) is 0.413. The standard InChI is InChI=1S/C15H11Br2IO3/c1-20-9-6-12(17)14(13(7-9)21-2)15(19)10-5-8(18)3-4-11(10)16/h3-7H,1-2H3. The normalized spacial score (nSPS) is 10.3. The van der Waals surface area contributed by atoms with Crippen LogP contribution in [0.2, 0.25) is 0 Å². The molecule has 0 radical (unpaired) electrons. The lowest BCUT2D eigenvalue weighted by atomic mass is 10.0. The monoisotopic (exact) mass is 524 g/mol. The Kier molecular flexibility index (Phi) is 5.67. The van der Waals surface area contributed by atoms with Crippen LogP contribution in [0.5, 0.6) is 11.5 Å². The minimum absolute atomic E-state index is 0.119. The molecule has 0 saturated heterocycles. The number of ether oxygens (including phenoxy) is 2. The number of hydrogen-bond acceptors (Lipinski definition) is 3. The number of carbonyl (C=O) groups excluding carboxylic acids is 1. The molecule has 6 heteroatoms. The summed E-state index contributed by atoms with van der Waals surface area (Å²) >= 11 is 9.02. The van der Waals surface area contributed by atoms with Gasteiger partial charge in [0.15, 0.2) is 5.78 Å². The Balaban J connectivity index is 2.60. The van der Waals surface area contributed by atoms with E-state index < -0.39 is 0 Å². The summed E-state index contributed by atoms with van der Waals surface area (Å²) in [7, 11) is 3.10. The summed E-state index contributed by atoms with van der Waals surface area (Å²) < 4.78 is 12.9.